The minimum atomic E-state index is -2.55. The van der Waals surface area contributed by atoms with Crippen molar-refractivity contribution in [2.45, 2.75) is 39.8 Å². The van der Waals surface area contributed by atoms with Crippen LogP contribution in [0.5, 0.6) is 0 Å². The van der Waals surface area contributed by atoms with Crippen molar-refractivity contribution in [3.05, 3.63) is 6.33 Å². The highest BCUT2D eigenvalue weighted by Gasteiger charge is 2.39. The molecule has 7 nitrogen and oxygen atoms in total. The molecule has 0 aliphatic heterocycles. The quantitative estimate of drug-likeness (QED) is 0.653. The molecule has 0 aliphatic rings. The van der Waals surface area contributed by atoms with Gasteiger partial charge in [0, 0.05) is 32.4 Å². The molecule has 0 spiro atoms. The number of nitrogen functional groups attached to an aromatic ring is 1. The summed E-state index contributed by atoms with van der Waals surface area (Å²) in [5.74, 6) is 0.427. The summed E-state index contributed by atoms with van der Waals surface area (Å²) >= 11 is 0. The van der Waals surface area contributed by atoms with E-state index in [0.29, 0.717) is 32.3 Å². The van der Waals surface area contributed by atoms with Gasteiger partial charge in [0.25, 0.3) is 0 Å². The number of nitrogens with two attached hydrogens (primary N) is 1. The van der Waals surface area contributed by atoms with Crippen LogP contribution >= 0.6 is 0 Å². The van der Waals surface area contributed by atoms with E-state index < -0.39 is 8.80 Å². The maximum absolute atomic E-state index is 5.78. The van der Waals surface area contributed by atoms with Gasteiger partial charge in [0.05, 0.1) is 0 Å². The Balaban J connectivity index is 2.53. The zero-order valence-electron chi connectivity index (χ0n) is 12.0. The third-order valence-corrected chi connectivity index (χ3v) is 5.74. The average molecular weight is 288 g/mol. The summed E-state index contributed by atoms with van der Waals surface area (Å²) in [6.45, 7) is 8.33. The highest BCUT2D eigenvalue weighted by atomic mass is 28.4. The summed E-state index contributed by atoms with van der Waals surface area (Å²) in [6.07, 6.45) is 2.29. The van der Waals surface area contributed by atoms with Crippen LogP contribution in [0.4, 0.5) is 5.95 Å². The summed E-state index contributed by atoms with van der Waals surface area (Å²) in [6, 6.07) is 0.752. The minimum absolute atomic E-state index is 0.427. The van der Waals surface area contributed by atoms with Crippen LogP contribution in [-0.2, 0) is 19.8 Å². The SMILES string of the molecule is CCO[Si](CCCn1ncnc1N)(OCC)OCC. The maximum Gasteiger partial charge on any atom is 0.500 e. The highest BCUT2D eigenvalue weighted by Crippen LogP contribution is 2.18. The summed E-state index contributed by atoms with van der Waals surface area (Å²) in [5.41, 5.74) is 5.67. The van der Waals surface area contributed by atoms with E-state index in [4.69, 9.17) is 19.0 Å². The lowest BCUT2D eigenvalue weighted by Gasteiger charge is -2.28. The molecule has 0 saturated carbocycles. The standard InChI is InChI=1S/C11H24N4O3Si/c1-4-16-19(17-5-2,18-6-3)9-7-8-15-11(12)13-10-14-15/h10H,4-9H2,1-3H3,(H2,12,13,14). The molecule has 19 heavy (non-hydrogen) atoms. The predicted molar refractivity (Wildman–Crippen MR) is 74.5 cm³/mol. The van der Waals surface area contributed by atoms with Gasteiger partial charge in [-0.15, -0.1) is 0 Å². The summed E-state index contributed by atoms with van der Waals surface area (Å²) < 4.78 is 19.0. The van der Waals surface area contributed by atoms with Gasteiger partial charge in [0.15, 0.2) is 0 Å². The van der Waals surface area contributed by atoms with E-state index in [1.54, 1.807) is 4.68 Å². The molecule has 0 aromatic carbocycles. The number of aromatic nitrogens is 3. The number of hydrogen-bond acceptors (Lipinski definition) is 6. The van der Waals surface area contributed by atoms with Crippen LogP contribution in [0.3, 0.4) is 0 Å². The zero-order chi connectivity index (χ0) is 14.1. The fraction of sp³-hybridized carbons (Fsp3) is 0.818. The smallest absolute Gasteiger partial charge is 0.374 e. The van der Waals surface area contributed by atoms with Gasteiger partial charge < -0.3 is 19.0 Å². The van der Waals surface area contributed by atoms with E-state index in [1.807, 2.05) is 20.8 Å². The first kappa shape index (κ1) is 16.1. The molecule has 0 fully saturated rings. The second kappa shape index (κ2) is 8.26. The molecule has 0 bridgehead atoms. The Morgan fingerprint density at radius 1 is 1.16 bits per heavy atom. The van der Waals surface area contributed by atoms with Crippen molar-refractivity contribution in [3.63, 3.8) is 0 Å². The Hall–Kier alpha value is -0.963. The molecule has 0 saturated heterocycles. The molecule has 1 aromatic rings. The van der Waals surface area contributed by atoms with Crippen LogP contribution in [0.1, 0.15) is 27.2 Å². The Labute approximate surface area is 115 Å². The second-order valence-corrected chi connectivity index (χ2v) is 6.66. The first-order chi connectivity index (χ1) is 9.17. The largest absolute Gasteiger partial charge is 0.500 e. The van der Waals surface area contributed by atoms with E-state index in [0.717, 1.165) is 12.5 Å². The molecule has 0 aliphatic carbocycles. The van der Waals surface area contributed by atoms with Crippen molar-refractivity contribution < 1.29 is 13.3 Å². The monoisotopic (exact) mass is 288 g/mol. The maximum atomic E-state index is 5.78. The third-order valence-electron chi connectivity index (χ3n) is 2.59. The van der Waals surface area contributed by atoms with Crippen molar-refractivity contribution >= 4 is 14.8 Å². The van der Waals surface area contributed by atoms with Gasteiger partial charge in [0.2, 0.25) is 5.95 Å². The van der Waals surface area contributed by atoms with Gasteiger partial charge >= 0.3 is 8.80 Å². The van der Waals surface area contributed by atoms with E-state index in [2.05, 4.69) is 10.1 Å². The molecular formula is C11H24N4O3Si. The van der Waals surface area contributed by atoms with Crippen molar-refractivity contribution in [1.29, 1.82) is 0 Å². The van der Waals surface area contributed by atoms with Crippen LogP contribution in [0.15, 0.2) is 6.33 Å². The van der Waals surface area contributed by atoms with E-state index >= 15 is 0 Å². The molecule has 0 amide bonds. The highest BCUT2D eigenvalue weighted by molar-refractivity contribution is 6.60. The van der Waals surface area contributed by atoms with Gasteiger partial charge in [-0.1, -0.05) is 0 Å². The van der Waals surface area contributed by atoms with Crippen molar-refractivity contribution in [1.82, 2.24) is 14.8 Å². The number of aryl methyl sites for hydroxylation is 1. The van der Waals surface area contributed by atoms with Crippen molar-refractivity contribution in [2.75, 3.05) is 25.6 Å². The molecule has 0 radical (unpaired) electrons. The van der Waals surface area contributed by atoms with Gasteiger partial charge in [-0.05, 0) is 27.2 Å². The van der Waals surface area contributed by atoms with Crippen LogP contribution < -0.4 is 5.73 Å². The summed E-state index contributed by atoms with van der Waals surface area (Å²) in [7, 11) is -2.55. The topological polar surface area (TPSA) is 84.4 Å². The lowest BCUT2D eigenvalue weighted by molar-refractivity contribution is 0.0704. The van der Waals surface area contributed by atoms with Gasteiger partial charge in [-0.2, -0.15) is 5.10 Å². The molecule has 1 heterocycles. The van der Waals surface area contributed by atoms with Gasteiger partial charge in [-0.25, -0.2) is 9.67 Å². The molecule has 110 valence electrons. The van der Waals surface area contributed by atoms with Crippen molar-refractivity contribution in [3.8, 4) is 0 Å². The lowest BCUT2D eigenvalue weighted by Crippen LogP contribution is -2.46. The van der Waals surface area contributed by atoms with E-state index in [9.17, 15) is 0 Å². The normalized spacial score (nSPS) is 11.9. The molecule has 1 rings (SSSR count). The van der Waals surface area contributed by atoms with Crippen molar-refractivity contribution in [2.24, 2.45) is 0 Å². The fourth-order valence-electron chi connectivity index (χ4n) is 1.89. The Bertz CT molecular complexity index is 344. The lowest BCUT2D eigenvalue weighted by atomic mass is 10.5. The Morgan fingerprint density at radius 2 is 1.74 bits per heavy atom. The molecule has 2 N–H and O–H groups in total. The number of hydrogen-bond donors (Lipinski definition) is 1. The molecular weight excluding hydrogens is 264 g/mol. The Morgan fingerprint density at radius 3 is 2.16 bits per heavy atom. The first-order valence-electron chi connectivity index (χ1n) is 6.72. The van der Waals surface area contributed by atoms with Crippen LogP contribution in [-0.4, -0.2) is 43.4 Å². The molecule has 8 heteroatoms. The fourth-order valence-corrected chi connectivity index (χ4v) is 4.49. The minimum Gasteiger partial charge on any atom is -0.374 e. The van der Waals surface area contributed by atoms with E-state index in [1.165, 1.54) is 6.33 Å². The first-order valence-corrected chi connectivity index (χ1v) is 8.65. The molecule has 1 aromatic heterocycles. The number of nitrogens with zero attached hydrogens (tertiary/aromatic N) is 3. The number of anilines is 1. The average Bonchev–Trinajstić information content (AvgIpc) is 2.76. The van der Waals surface area contributed by atoms with Gasteiger partial charge in [-0.3, -0.25) is 0 Å². The molecule has 0 unspecified atom stereocenters. The number of rotatable bonds is 10. The summed E-state index contributed by atoms with van der Waals surface area (Å²) in [4.78, 5) is 3.89. The van der Waals surface area contributed by atoms with Crippen LogP contribution in [0.25, 0.3) is 0 Å². The molecule has 0 atom stereocenters. The third kappa shape index (κ3) is 4.90. The van der Waals surface area contributed by atoms with Crippen LogP contribution in [0.2, 0.25) is 6.04 Å². The predicted octanol–water partition coefficient (Wildman–Crippen LogP) is 1.30. The zero-order valence-corrected chi connectivity index (χ0v) is 13.0. The summed E-state index contributed by atoms with van der Waals surface area (Å²) in [5, 5.41) is 4.05. The Kier molecular flexibility index (Phi) is 6.99. The second-order valence-electron chi connectivity index (χ2n) is 3.93. The van der Waals surface area contributed by atoms with Crippen LogP contribution in [0, 0.1) is 0 Å². The van der Waals surface area contributed by atoms with E-state index in [-0.39, 0.29) is 0 Å². The van der Waals surface area contributed by atoms with Gasteiger partial charge in [0.1, 0.15) is 6.33 Å².